The molecule has 5 atom stereocenters. The molecule has 0 aromatic carbocycles. The summed E-state index contributed by atoms with van der Waals surface area (Å²) in [4.78, 5) is 12.0. The number of fused-ring (bicyclic) bond motifs is 1. The molecule has 2 N–H and O–H groups in total. The van der Waals surface area contributed by atoms with Crippen LogP contribution in [0.4, 0.5) is 0 Å². The molecule has 0 bridgehead atoms. The number of carbonyl (C=O) groups is 1. The van der Waals surface area contributed by atoms with Crippen LogP contribution in [0.3, 0.4) is 0 Å². The maximum Gasteiger partial charge on any atom is 0.306 e. The second kappa shape index (κ2) is 15.0. The van der Waals surface area contributed by atoms with Gasteiger partial charge in [-0.25, -0.2) is 0 Å². The maximum atomic E-state index is 12.0. The second-order valence-corrected chi connectivity index (χ2v) is 8.71. The molecule has 0 saturated carbocycles. The molecule has 0 amide bonds. The number of aliphatic hydroxyl groups excluding tert-OH is 2. The van der Waals surface area contributed by atoms with E-state index >= 15 is 0 Å². The van der Waals surface area contributed by atoms with Gasteiger partial charge in [0.1, 0.15) is 18.3 Å². The predicted octanol–water partition coefficient (Wildman–Crippen LogP) is 4.07. The van der Waals surface area contributed by atoms with Crippen LogP contribution in [0.5, 0.6) is 0 Å². The summed E-state index contributed by atoms with van der Waals surface area (Å²) in [6.45, 7) is 2.76. The van der Waals surface area contributed by atoms with Crippen LogP contribution in [-0.4, -0.2) is 59.9 Å². The summed E-state index contributed by atoms with van der Waals surface area (Å²) in [7, 11) is 0. The Bertz CT molecular complexity index is 494. The van der Waals surface area contributed by atoms with E-state index in [4.69, 9.17) is 14.2 Å². The van der Waals surface area contributed by atoms with Gasteiger partial charge in [0.05, 0.1) is 19.3 Å². The molecule has 2 heterocycles. The lowest BCUT2D eigenvalue weighted by atomic mass is 10.1. The van der Waals surface area contributed by atoms with Crippen LogP contribution in [0.15, 0.2) is 12.2 Å². The third-order valence-electron chi connectivity index (χ3n) is 5.98. The second-order valence-electron chi connectivity index (χ2n) is 8.71. The fraction of sp³-hybridized carbons (Fsp3) is 0.875. The standard InChI is InChI=1S/C24H42O6/c1-2-3-4-11-14-19(25)15-12-9-7-5-6-8-10-13-16-22(27)30-21-18-29-23-20(26)17-28-24(21)23/h9,12,19-21,23-26H,2-8,10-11,13-18H2,1H3/b12-9+/t19?,20-,21+,23-,24-/m1/s1. The van der Waals surface area contributed by atoms with Crippen LogP contribution in [0.2, 0.25) is 0 Å². The Morgan fingerprint density at radius 2 is 1.73 bits per heavy atom. The van der Waals surface area contributed by atoms with Gasteiger partial charge in [-0.05, 0) is 32.1 Å². The van der Waals surface area contributed by atoms with Gasteiger partial charge in [-0.1, -0.05) is 64.0 Å². The third kappa shape index (κ3) is 9.46. The summed E-state index contributed by atoms with van der Waals surface area (Å²) in [5.74, 6) is -0.203. The van der Waals surface area contributed by atoms with E-state index in [0.29, 0.717) is 13.0 Å². The van der Waals surface area contributed by atoms with Gasteiger partial charge in [-0.3, -0.25) is 4.79 Å². The van der Waals surface area contributed by atoms with Crippen LogP contribution in [0.25, 0.3) is 0 Å². The van der Waals surface area contributed by atoms with Gasteiger partial charge in [-0.2, -0.15) is 0 Å². The summed E-state index contributed by atoms with van der Waals surface area (Å²) in [5.41, 5.74) is 0. The summed E-state index contributed by atoms with van der Waals surface area (Å²) in [5, 5.41) is 19.6. The summed E-state index contributed by atoms with van der Waals surface area (Å²) < 4.78 is 16.4. The average Bonchev–Trinajstić information content (AvgIpc) is 3.30. The van der Waals surface area contributed by atoms with E-state index in [1.54, 1.807) is 0 Å². The number of rotatable bonds is 16. The number of ether oxygens (including phenoxy) is 3. The lowest BCUT2D eigenvalue weighted by Crippen LogP contribution is -2.34. The van der Waals surface area contributed by atoms with Gasteiger partial charge in [0.15, 0.2) is 6.10 Å². The first-order valence-electron chi connectivity index (χ1n) is 12.1. The van der Waals surface area contributed by atoms with Gasteiger partial charge in [0.25, 0.3) is 0 Å². The fourth-order valence-electron chi connectivity index (χ4n) is 4.13. The molecule has 2 rings (SSSR count). The van der Waals surface area contributed by atoms with Crippen molar-refractivity contribution in [3.63, 3.8) is 0 Å². The van der Waals surface area contributed by atoms with E-state index in [0.717, 1.165) is 57.8 Å². The Hall–Kier alpha value is -0.950. The van der Waals surface area contributed by atoms with Crippen molar-refractivity contribution in [2.24, 2.45) is 0 Å². The molecule has 0 aromatic rings. The van der Waals surface area contributed by atoms with E-state index in [9.17, 15) is 15.0 Å². The Kier molecular flexibility index (Phi) is 12.6. The monoisotopic (exact) mass is 426 g/mol. The number of esters is 1. The first-order chi connectivity index (χ1) is 14.6. The third-order valence-corrected chi connectivity index (χ3v) is 5.98. The molecule has 2 saturated heterocycles. The minimum Gasteiger partial charge on any atom is -0.457 e. The number of aliphatic hydroxyl groups is 2. The van der Waals surface area contributed by atoms with Crippen molar-refractivity contribution in [1.29, 1.82) is 0 Å². The Balaban J connectivity index is 1.38. The molecule has 0 radical (unpaired) electrons. The fourth-order valence-corrected chi connectivity index (χ4v) is 4.13. The van der Waals surface area contributed by atoms with Crippen molar-refractivity contribution in [2.45, 2.75) is 121 Å². The topological polar surface area (TPSA) is 85.2 Å². The average molecular weight is 427 g/mol. The zero-order valence-electron chi connectivity index (χ0n) is 18.7. The highest BCUT2D eigenvalue weighted by atomic mass is 16.6. The molecule has 0 aromatic heterocycles. The van der Waals surface area contributed by atoms with E-state index < -0.39 is 6.10 Å². The van der Waals surface area contributed by atoms with Gasteiger partial charge >= 0.3 is 5.97 Å². The molecule has 0 spiro atoms. The smallest absolute Gasteiger partial charge is 0.306 e. The van der Waals surface area contributed by atoms with E-state index in [-0.39, 0.29) is 37.0 Å². The normalized spacial score (nSPS) is 26.9. The maximum absolute atomic E-state index is 12.0. The highest BCUT2D eigenvalue weighted by molar-refractivity contribution is 5.69. The molecular weight excluding hydrogens is 384 g/mol. The first-order valence-corrected chi connectivity index (χ1v) is 12.1. The highest BCUT2D eigenvalue weighted by Gasteiger charge is 2.48. The SMILES string of the molecule is CCCCCCC(O)C/C=C/CCCCCCCC(=O)O[C@H]1CO[C@H]2[C@@H]1OC[C@H]2O. The van der Waals surface area contributed by atoms with E-state index in [1.165, 1.54) is 19.3 Å². The quantitative estimate of drug-likeness (QED) is 0.220. The Morgan fingerprint density at radius 1 is 1.00 bits per heavy atom. The van der Waals surface area contributed by atoms with Crippen molar-refractivity contribution < 1.29 is 29.2 Å². The van der Waals surface area contributed by atoms with Gasteiger partial charge in [0.2, 0.25) is 0 Å². The summed E-state index contributed by atoms with van der Waals surface area (Å²) in [6.07, 6.45) is 15.7. The molecule has 30 heavy (non-hydrogen) atoms. The zero-order valence-corrected chi connectivity index (χ0v) is 18.7. The number of hydrogen-bond acceptors (Lipinski definition) is 6. The molecular formula is C24H42O6. The molecule has 174 valence electrons. The molecule has 6 heteroatoms. The lowest BCUT2D eigenvalue weighted by molar-refractivity contribution is -0.153. The molecule has 6 nitrogen and oxygen atoms in total. The number of carbonyl (C=O) groups excluding carboxylic acids is 1. The predicted molar refractivity (Wildman–Crippen MR) is 116 cm³/mol. The van der Waals surface area contributed by atoms with Crippen LogP contribution in [0, 0.1) is 0 Å². The van der Waals surface area contributed by atoms with Gasteiger partial charge in [0, 0.05) is 6.42 Å². The van der Waals surface area contributed by atoms with Gasteiger partial charge < -0.3 is 24.4 Å². The molecule has 0 aliphatic carbocycles. The van der Waals surface area contributed by atoms with Crippen molar-refractivity contribution in [1.82, 2.24) is 0 Å². The minimum atomic E-state index is -0.617. The summed E-state index contributed by atoms with van der Waals surface area (Å²) >= 11 is 0. The number of allylic oxidation sites excluding steroid dienone is 1. The number of unbranched alkanes of at least 4 members (excludes halogenated alkanes) is 8. The van der Waals surface area contributed by atoms with Crippen molar-refractivity contribution in [3.8, 4) is 0 Å². The van der Waals surface area contributed by atoms with E-state index in [1.807, 2.05) is 0 Å². The molecule has 2 aliphatic rings. The van der Waals surface area contributed by atoms with Crippen molar-refractivity contribution in [3.05, 3.63) is 12.2 Å². The first kappa shape index (κ1) is 25.3. The Labute approximate surface area is 182 Å². The van der Waals surface area contributed by atoms with Crippen molar-refractivity contribution in [2.75, 3.05) is 13.2 Å². The Morgan fingerprint density at radius 3 is 2.57 bits per heavy atom. The highest BCUT2D eigenvalue weighted by Crippen LogP contribution is 2.29. The summed E-state index contributed by atoms with van der Waals surface area (Å²) in [6, 6.07) is 0. The molecule has 1 unspecified atom stereocenters. The van der Waals surface area contributed by atoms with Crippen LogP contribution in [-0.2, 0) is 19.0 Å². The van der Waals surface area contributed by atoms with E-state index in [2.05, 4.69) is 19.1 Å². The van der Waals surface area contributed by atoms with Crippen LogP contribution >= 0.6 is 0 Å². The largest absolute Gasteiger partial charge is 0.457 e. The number of hydrogen-bond donors (Lipinski definition) is 2. The lowest BCUT2D eigenvalue weighted by Gasteiger charge is -2.16. The zero-order chi connectivity index (χ0) is 21.6. The van der Waals surface area contributed by atoms with Crippen LogP contribution in [0.1, 0.15) is 90.4 Å². The minimum absolute atomic E-state index is 0.190. The molecule has 2 aliphatic heterocycles. The van der Waals surface area contributed by atoms with Gasteiger partial charge in [-0.15, -0.1) is 0 Å². The van der Waals surface area contributed by atoms with Crippen LogP contribution < -0.4 is 0 Å². The molecule has 2 fully saturated rings. The van der Waals surface area contributed by atoms with Crippen molar-refractivity contribution >= 4 is 5.97 Å².